The Hall–Kier alpha value is -2.96. The first-order valence-electron chi connectivity index (χ1n) is 5.26. The molecular weight excluding hydrogens is 250 g/mol. The summed E-state index contributed by atoms with van der Waals surface area (Å²) in [7, 11) is 0. The van der Waals surface area contributed by atoms with Crippen molar-refractivity contribution in [3.05, 3.63) is 58.3 Å². The largest absolute Gasteiger partial charge is 0.477 e. The Kier molecular flexibility index (Phi) is 3.37. The quantitative estimate of drug-likeness (QED) is 0.751. The lowest BCUT2D eigenvalue weighted by atomic mass is 10.3. The van der Waals surface area contributed by atoms with Crippen LogP contribution in [0.5, 0.6) is 0 Å². The topological polar surface area (TPSA) is 112 Å². The number of carboxylic acid groups (broad SMARTS) is 1. The number of nitrogens with one attached hydrogen (secondary N) is 2. The van der Waals surface area contributed by atoms with E-state index < -0.39 is 11.9 Å². The summed E-state index contributed by atoms with van der Waals surface area (Å²) in [5.74, 6) is -1.66. The lowest BCUT2D eigenvalue weighted by Crippen LogP contribution is -2.18. The molecule has 0 spiro atoms. The van der Waals surface area contributed by atoms with Gasteiger partial charge in [0, 0.05) is 6.07 Å². The van der Waals surface area contributed by atoms with Crippen molar-refractivity contribution in [3.63, 3.8) is 0 Å². The van der Waals surface area contributed by atoms with Crippen molar-refractivity contribution in [3.8, 4) is 0 Å². The number of pyridine rings is 2. The number of carboxylic acids is 1. The number of aromatic carboxylic acids is 1. The van der Waals surface area contributed by atoms with Crippen LogP contribution in [-0.2, 0) is 0 Å². The first-order chi connectivity index (χ1) is 9.06. The van der Waals surface area contributed by atoms with E-state index in [1.165, 1.54) is 36.5 Å². The number of nitrogens with zero attached hydrogens (tertiary/aromatic N) is 1. The maximum absolute atomic E-state index is 11.8. The lowest BCUT2D eigenvalue weighted by molar-refractivity contribution is 0.0690. The average Bonchev–Trinajstić information content (AvgIpc) is 2.39. The van der Waals surface area contributed by atoms with Crippen LogP contribution in [0.25, 0.3) is 0 Å². The number of hydrogen-bond acceptors (Lipinski definition) is 4. The molecule has 7 heteroatoms. The SMILES string of the molecule is O=C(O)c1ccc(NC(=O)c2cccc(=O)[nH]2)cn1. The minimum absolute atomic E-state index is 0.106. The average molecular weight is 259 g/mol. The Morgan fingerprint density at radius 1 is 1.21 bits per heavy atom. The minimum atomic E-state index is -1.15. The Bertz CT molecular complexity index is 676. The van der Waals surface area contributed by atoms with E-state index in [0.717, 1.165) is 0 Å². The fraction of sp³-hybridized carbons (Fsp3) is 0. The van der Waals surface area contributed by atoms with E-state index in [4.69, 9.17) is 5.11 Å². The third-order valence-electron chi connectivity index (χ3n) is 2.25. The summed E-state index contributed by atoms with van der Waals surface area (Å²) in [6, 6.07) is 6.89. The Balaban J connectivity index is 2.15. The molecule has 2 aromatic heterocycles. The van der Waals surface area contributed by atoms with Gasteiger partial charge in [0.2, 0.25) is 5.56 Å². The van der Waals surface area contributed by atoms with Gasteiger partial charge in [-0.25, -0.2) is 9.78 Å². The van der Waals surface area contributed by atoms with Gasteiger partial charge in [0.05, 0.1) is 11.9 Å². The fourth-order valence-corrected chi connectivity index (χ4v) is 1.37. The number of H-pyrrole nitrogens is 1. The van der Waals surface area contributed by atoms with E-state index in [1.807, 2.05) is 0 Å². The van der Waals surface area contributed by atoms with E-state index in [-0.39, 0.29) is 16.9 Å². The first-order valence-corrected chi connectivity index (χ1v) is 5.26. The molecule has 0 fully saturated rings. The number of hydrogen-bond donors (Lipinski definition) is 3. The van der Waals surface area contributed by atoms with Gasteiger partial charge < -0.3 is 15.4 Å². The van der Waals surface area contributed by atoms with Gasteiger partial charge in [-0.1, -0.05) is 6.07 Å². The molecule has 0 bridgehead atoms. The molecule has 19 heavy (non-hydrogen) atoms. The second-order valence-corrected chi connectivity index (χ2v) is 3.62. The molecular formula is C12H9N3O4. The highest BCUT2D eigenvalue weighted by molar-refractivity contribution is 6.02. The number of carbonyl (C=O) groups excluding carboxylic acids is 1. The molecule has 7 nitrogen and oxygen atoms in total. The van der Waals surface area contributed by atoms with Crippen molar-refractivity contribution in [2.45, 2.75) is 0 Å². The second-order valence-electron chi connectivity index (χ2n) is 3.62. The zero-order chi connectivity index (χ0) is 13.8. The third kappa shape index (κ3) is 3.03. The Labute approximate surface area is 106 Å². The van der Waals surface area contributed by atoms with Gasteiger partial charge in [0.1, 0.15) is 11.4 Å². The molecule has 2 heterocycles. The molecule has 0 atom stereocenters. The summed E-state index contributed by atoms with van der Waals surface area (Å²) in [6.45, 7) is 0. The van der Waals surface area contributed by atoms with Gasteiger partial charge >= 0.3 is 5.97 Å². The highest BCUT2D eigenvalue weighted by Crippen LogP contribution is 2.07. The number of carbonyl (C=O) groups is 2. The molecule has 2 rings (SSSR count). The van der Waals surface area contributed by atoms with Gasteiger partial charge in [-0.2, -0.15) is 0 Å². The predicted molar refractivity (Wildman–Crippen MR) is 66.2 cm³/mol. The summed E-state index contributed by atoms with van der Waals surface area (Å²) in [5.41, 5.74) is -0.0624. The smallest absolute Gasteiger partial charge is 0.354 e. The highest BCUT2D eigenvalue weighted by Gasteiger charge is 2.08. The molecule has 2 aromatic rings. The van der Waals surface area contributed by atoms with Crippen LogP contribution in [0.4, 0.5) is 5.69 Å². The standard InChI is InChI=1S/C12H9N3O4/c16-10-3-1-2-8(15-10)11(17)14-7-4-5-9(12(18)19)13-6-7/h1-6H,(H,14,17)(H,15,16)(H,18,19). The molecule has 0 aliphatic heterocycles. The fourth-order valence-electron chi connectivity index (χ4n) is 1.37. The third-order valence-corrected chi connectivity index (χ3v) is 2.25. The zero-order valence-corrected chi connectivity index (χ0v) is 9.58. The Morgan fingerprint density at radius 3 is 2.58 bits per heavy atom. The van der Waals surface area contributed by atoms with Crippen LogP contribution in [-0.4, -0.2) is 27.0 Å². The molecule has 0 aliphatic carbocycles. The maximum Gasteiger partial charge on any atom is 0.354 e. The van der Waals surface area contributed by atoms with E-state index >= 15 is 0 Å². The summed E-state index contributed by atoms with van der Waals surface area (Å²) in [4.78, 5) is 39.4. The molecule has 0 radical (unpaired) electrons. The van der Waals surface area contributed by atoms with E-state index in [9.17, 15) is 14.4 Å². The molecule has 96 valence electrons. The summed E-state index contributed by atoms with van der Waals surface area (Å²) in [6.07, 6.45) is 1.22. The monoisotopic (exact) mass is 259 g/mol. The summed E-state index contributed by atoms with van der Waals surface area (Å²) >= 11 is 0. The number of amides is 1. The first kappa shape index (κ1) is 12.5. The van der Waals surface area contributed by atoms with E-state index in [1.54, 1.807) is 0 Å². The second kappa shape index (κ2) is 5.13. The van der Waals surface area contributed by atoms with Crippen molar-refractivity contribution in [1.82, 2.24) is 9.97 Å². The minimum Gasteiger partial charge on any atom is -0.477 e. The van der Waals surface area contributed by atoms with Crippen LogP contribution in [0.2, 0.25) is 0 Å². The van der Waals surface area contributed by atoms with Crippen molar-refractivity contribution in [2.75, 3.05) is 5.32 Å². The molecule has 0 aliphatic rings. The zero-order valence-electron chi connectivity index (χ0n) is 9.58. The van der Waals surface area contributed by atoms with Crippen molar-refractivity contribution in [1.29, 1.82) is 0 Å². The summed E-state index contributed by atoms with van der Waals surface area (Å²) < 4.78 is 0. The van der Waals surface area contributed by atoms with Gasteiger partial charge in [0.25, 0.3) is 5.91 Å². The molecule has 0 aromatic carbocycles. The van der Waals surface area contributed by atoms with Gasteiger partial charge in [-0.05, 0) is 18.2 Å². The molecule has 3 N–H and O–H groups in total. The number of rotatable bonds is 3. The van der Waals surface area contributed by atoms with Crippen LogP contribution in [0.15, 0.2) is 41.3 Å². The maximum atomic E-state index is 11.8. The Morgan fingerprint density at radius 2 is 2.00 bits per heavy atom. The van der Waals surface area contributed by atoms with Crippen LogP contribution >= 0.6 is 0 Å². The van der Waals surface area contributed by atoms with Crippen LogP contribution < -0.4 is 10.9 Å². The molecule has 0 saturated carbocycles. The summed E-state index contributed by atoms with van der Waals surface area (Å²) in [5, 5.41) is 11.2. The number of aromatic nitrogens is 2. The van der Waals surface area contributed by atoms with Crippen LogP contribution in [0.1, 0.15) is 21.0 Å². The van der Waals surface area contributed by atoms with Crippen LogP contribution in [0, 0.1) is 0 Å². The van der Waals surface area contributed by atoms with Crippen molar-refractivity contribution >= 4 is 17.6 Å². The number of aromatic amines is 1. The van der Waals surface area contributed by atoms with Crippen molar-refractivity contribution < 1.29 is 14.7 Å². The van der Waals surface area contributed by atoms with Crippen molar-refractivity contribution in [2.24, 2.45) is 0 Å². The highest BCUT2D eigenvalue weighted by atomic mass is 16.4. The molecule has 0 unspecified atom stereocenters. The van der Waals surface area contributed by atoms with E-state index in [0.29, 0.717) is 5.69 Å². The van der Waals surface area contributed by atoms with Crippen LogP contribution in [0.3, 0.4) is 0 Å². The number of anilines is 1. The lowest BCUT2D eigenvalue weighted by Gasteiger charge is -2.04. The van der Waals surface area contributed by atoms with E-state index in [2.05, 4.69) is 15.3 Å². The predicted octanol–water partition coefficient (Wildman–Crippen LogP) is 0.720. The van der Waals surface area contributed by atoms with Gasteiger partial charge in [0.15, 0.2) is 0 Å². The van der Waals surface area contributed by atoms with Gasteiger partial charge in [-0.15, -0.1) is 0 Å². The molecule has 1 amide bonds. The van der Waals surface area contributed by atoms with Gasteiger partial charge in [-0.3, -0.25) is 9.59 Å². The molecule has 0 saturated heterocycles. The normalized spacial score (nSPS) is 9.89.